The highest BCUT2D eigenvalue weighted by molar-refractivity contribution is 5.91. The molecule has 1 amide bonds. The van der Waals surface area contributed by atoms with Crippen molar-refractivity contribution >= 4 is 5.91 Å². The first-order valence-electron chi connectivity index (χ1n) is 14.6. The first-order valence-corrected chi connectivity index (χ1v) is 14.6. The molecule has 2 aromatic rings. The molecule has 2 aromatic carbocycles. The Hall–Kier alpha value is -2.17. The summed E-state index contributed by atoms with van der Waals surface area (Å²) in [5.74, 6) is -0.00863. The predicted molar refractivity (Wildman–Crippen MR) is 150 cm³/mol. The van der Waals surface area contributed by atoms with Crippen LogP contribution in [0.1, 0.15) is 88.2 Å². The van der Waals surface area contributed by atoms with Crippen molar-refractivity contribution in [1.29, 1.82) is 0 Å². The van der Waals surface area contributed by atoms with Gasteiger partial charge in [0.1, 0.15) is 5.41 Å². The molecule has 4 nitrogen and oxygen atoms in total. The molecule has 0 unspecified atom stereocenters. The number of nitrogens with one attached hydrogen (secondary N) is 1. The van der Waals surface area contributed by atoms with Crippen molar-refractivity contribution in [2.75, 3.05) is 26.2 Å². The fourth-order valence-corrected chi connectivity index (χ4v) is 6.72. The monoisotopic (exact) mass is 489 g/mol. The lowest BCUT2D eigenvalue weighted by Gasteiger charge is -2.43. The van der Waals surface area contributed by atoms with Crippen molar-refractivity contribution in [3.63, 3.8) is 0 Å². The van der Waals surface area contributed by atoms with Gasteiger partial charge in [0.05, 0.1) is 0 Å². The van der Waals surface area contributed by atoms with Crippen LogP contribution in [0.3, 0.4) is 0 Å². The van der Waals surface area contributed by atoms with E-state index in [0.29, 0.717) is 0 Å². The topological polar surface area (TPSA) is 58.4 Å². The zero-order chi connectivity index (χ0) is 25.1. The average Bonchev–Trinajstić information content (AvgIpc) is 3.44. The highest BCUT2D eigenvalue weighted by Gasteiger charge is 2.47. The van der Waals surface area contributed by atoms with Crippen LogP contribution in [0.25, 0.3) is 0 Å². The highest BCUT2D eigenvalue weighted by atomic mass is 16.1. The number of nitrogens with two attached hydrogens (primary N) is 1. The summed E-state index contributed by atoms with van der Waals surface area (Å²) in [7, 11) is 0. The smallest absolute Gasteiger partial charge is 0.232 e. The van der Waals surface area contributed by atoms with Crippen molar-refractivity contribution < 1.29 is 4.79 Å². The molecule has 0 atom stereocenters. The van der Waals surface area contributed by atoms with E-state index >= 15 is 0 Å². The molecule has 1 heterocycles. The van der Waals surface area contributed by atoms with Gasteiger partial charge >= 0.3 is 0 Å². The predicted octanol–water partition coefficient (Wildman–Crippen LogP) is 6.04. The number of amides is 1. The van der Waals surface area contributed by atoms with Gasteiger partial charge in [0.2, 0.25) is 5.91 Å². The molecule has 196 valence electrons. The lowest BCUT2D eigenvalue weighted by atomic mass is 9.62. The van der Waals surface area contributed by atoms with Crippen LogP contribution < -0.4 is 11.1 Å². The lowest BCUT2D eigenvalue weighted by Crippen LogP contribution is -2.51. The van der Waals surface area contributed by atoms with Gasteiger partial charge in [-0.05, 0) is 81.7 Å². The second kappa shape index (κ2) is 13.9. The molecule has 1 aliphatic heterocycles. The maximum Gasteiger partial charge on any atom is 0.232 e. The largest absolute Gasteiger partial charge is 0.369 e. The number of hydrogen-bond acceptors (Lipinski definition) is 3. The van der Waals surface area contributed by atoms with E-state index in [2.05, 4.69) is 34.5 Å². The molecule has 36 heavy (non-hydrogen) atoms. The van der Waals surface area contributed by atoms with E-state index in [1.807, 2.05) is 36.4 Å². The number of benzene rings is 2. The minimum atomic E-state index is -0.763. The van der Waals surface area contributed by atoms with Gasteiger partial charge in [0.25, 0.3) is 0 Å². The number of hydrogen-bond donors (Lipinski definition) is 2. The Balaban J connectivity index is 1.21. The van der Waals surface area contributed by atoms with Crippen molar-refractivity contribution in [2.24, 2.45) is 11.7 Å². The van der Waals surface area contributed by atoms with Crippen molar-refractivity contribution in [1.82, 2.24) is 10.2 Å². The number of primary amides is 1. The summed E-state index contributed by atoms with van der Waals surface area (Å²) in [6.07, 6.45) is 15.6. The van der Waals surface area contributed by atoms with Gasteiger partial charge in [0.15, 0.2) is 0 Å². The summed E-state index contributed by atoms with van der Waals surface area (Å²) in [6.45, 7) is 4.48. The third-order valence-corrected chi connectivity index (χ3v) is 8.74. The van der Waals surface area contributed by atoms with Gasteiger partial charge in [0, 0.05) is 6.04 Å². The Bertz CT molecular complexity index is 847. The quantitative estimate of drug-likeness (QED) is 0.318. The van der Waals surface area contributed by atoms with Crippen molar-refractivity contribution in [2.45, 2.75) is 88.5 Å². The zero-order valence-corrected chi connectivity index (χ0v) is 22.2. The summed E-state index contributed by atoms with van der Waals surface area (Å²) in [5.41, 5.74) is 7.53. The van der Waals surface area contributed by atoms with E-state index in [1.54, 1.807) is 0 Å². The first-order chi connectivity index (χ1) is 17.7. The zero-order valence-electron chi connectivity index (χ0n) is 22.2. The molecule has 0 spiro atoms. The maximum atomic E-state index is 13.2. The first kappa shape index (κ1) is 26.9. The summed E-state index contributed by atoms with van der Waals surface area (Å²) in [4.78, 5) is 15.8. The Kier molecular flexibility index (Phi) is 10.4. The fraction of sp³-hybridized carbons (Fsp3) is 0.594. The second-order valence-corrected chi connectivity index (χ2v) is 11.1. The van der Waals surface area contributed by atoms with Crippen LogP contribution in [0.2, 0.25) is 0 Å². The lowest BCUT2D eigenvalue weighted by molar-refractivity contribution is -0.124. The number of carbonyl (C=O) groups is 1. The van der Waals surface area contributed by atoms with E-state index in [-0.39, 0.29) is 11.8 Å². The standard InChI is InChI=1S/C32H47N3O/c33-31(36)32(27-15-7-5-8-16-27,28-17-9-6-10-18-28)29-21-25-35(26-22-29)24-14-4-2-1-3-13-23-34-30-19-11-12-20-30/h5-10,15-18,29-30,34H,1-4,11-14,19-26H2,(H2,33,36). The van der Waals surface area contributed by atoms with E-state index in [4.69, 9.17) is 5.73 Å². The Morgan fingerprint density at radius 2 is 1.31 bits per heavy atom. The van der Waals surface area contributed by atoms with E-state index in [0.717, 1.165) is 43.1 Å². The average molecular weight is 490 g/mol. The van der Waals surface area contributed by atoms with Crippen LogP contribution in [-0.2, 0) is 10.2 Å². The van der Waals surface area contributed by atoms with Gasteiger partial charge < -0.3 is 16.0 Å². The number of piperidine rings is 1. The van der Waals surface area contributed by atoms with Gasteiger partial charge in [-0.15, -0.1) is 0 Å². The summed E-state index contributed by atoms with van der Waals surface area (Å²) >= 11 is 0. The minimum Gasteiger partial charge on any atom is -0.369 e. The molecule has 1 saturated carbocycles. The molecule has 1 aliphatic carbocycles. The third kappa shape index (κ3) is 6.77. The van der Waals surface area contributed by atoms with E-state index in [9.17, 15) is 4.79 Å². The SMILES string of the molecule is NC(=O)C(c1ccccc1)(c1ccccc1)C1CCN(CCCCCCCCNC2CCCC2)CC1. The van der Waals surface area contributed by atoms with E-state index < -0.39 is 5.41 Å². The van der Waals surface area contributed by atoms with Crippen molar-refractivity contribution in [3.05, 3.63) is 71.8 Å². The summed E-state index contributed by atoms with van der Waals surface area (Å²) in [6, 6.07) is 21.2. The number of rotatable bonds is 14. The Labute approximate surface area is 219 Å². The molecule has 4 heteroatoms. The highest BCUT2D eigenvalue weighted by Crippen LogP contribution is 2.44. The molecular weight excluding hydrogens is 442 g/mol. The van der Waals surface area contributed by atoms with Crippen LogP contribution in [0.5, 0.6) is 0 Å². The number of carbonyl (C=O) groups excluding carboxylic acids is 1. The molecule has 3 N–H and O–H groups in total. The maximum absolute atomic E-state index is 13.2. The molecule has 0 bridgehead atoms. The van der Waals surface area contributed by atoms with Crippen LogP contribution in [0.15, 0.2) is 60.7 Å². The Morgan fingerprint density at radius 3 is 1.86 bits per heavy atom. The van der Waals surface area contributed by atoms with Crippen LogP contribution >= 0.6 is 0 Å². The van der Waals surface area contributed by atoms with Crippen LogP contribution in [-0.4, -0.2) is 43.0 Å². The van der Waals surface area contributed by atoms with Gasteiger partial charge in [-0.3, -0.25) is 4.79 Å². The summed E-state index contributed by atoms with van der Waals surface area (Å²) in [5, 5.41) is 3.73. The van der Waals surface area contributed by atoms with Crippen LogP contribution in [0.4, 0.5) is 0 Å². The normalized spacial score (nSPS) is 18.0. The molecule has 2 aliphatic rings. The third-order valence-electron chi connectivity index (χ3n) is 8.74. The number of unbranched alkanes of at least 4 members (excludes halogenated alkanes) is 5. The molecule has 2 fully saturated rings. The molecule has 0 radical (unpaired) electrons. The van der Waals surface area contributed by atoms with Gasteiger partial charge in [-0.1, -0.05) is 99.2 Å². The van der Waals surface area contributed by atoms with Crippen LogP contribution in [0, 0.1) is 5.92 Å². The van der Waals surface area contributed by atoms with Crippen molar-refractivity contribution in [3.8, 4) is 0 Å². The van der Waals surface area contributed by atoms with Gasteiger partial charge in [-0.25, -0.2) is 0 Å². The molecular formula is C32H47N3O. The Morgan fingerprint density at radius 1 is 0.778 bits per heavy atom. The van der Waals surface area contributed by atoms with E-state index in [1.165, 1.54) is 77.3 Å². The summed E-state index contributed by atoms with van der Waals surface area (Å²) < 4.78 is 0. The fourth-order valence-electron chi connectivity index (χ4n) is 6.72. The molecule has 4 rings (SSSR count). The van der Waals surface area contributed by atoms with Gasteiger partial charge in [-0.2, -0.15) is 0 Å². The molecule has 1 saturated heterocycles. The minimum absolute atomic E-state index is 0.217. The molecule has 0 aromatic heterocycles. The number of nitrogens with zero attached hydrogens (tertiary/aromatic N) is 1. The second-order valence-electron chi connectivity index (χ2n) is 11.1. The number of likely N-dealkylation sites (tertiary alicyclic amines) is 1.